The largest absolute Gasteiger partial charge is 0.488 e. The van der Waals surface area contributed by atoms with E-state index in [4.69, 9.17) is 22.1 Å². The van der Waals surface area contributed by atoms with Crippen molar-refractivity contribution in [1.29, 1.82) is 0 Å². The molecule has 0 atom stereocenters. The minimum Gasteiger partial charge on any atom is -0.488 e. The first-order valence-electron chi connectivity index (χ1n) is 8.96. The molecule has 0 aliphatic carbocycles. The monoisotopic (exact) mass is 418 g/mol. The van der Waals surface area contributed by atoms with Gasteiger partial charge in [0.15, 0.2) is 5.03 Å². The Bertz CT molecular complexity index is 882. The predicted octanol–water partition coefficient (Wildman–Crippen LogP) is 3.20. The quantitative estimate of drug-likeness (QED) is 0.279. The summed E-state index contributed by atoms with van der Waals surface area (Å²) in [4.78, 5) is 12.5. The van der Waals surface area contributed by atoms with Crippen LogP contribution in [0, 0.1) is 10.1 Å². The van der Waals surface area contributed by atoms with Gasteiger partial charge in [0.1, 0.15) is 12.4 Å². The molecular weight excluding hydrogens is 396 g/mol. The maximum atomic E-state index is 10.3. The highest BCUT2D eigenvalue weighted by molar-refractivity contribution is 6.30. The normalized spacial score (nSPS) is 11.5. The predicted molar refractivity (Wildman–Crippen MR) is 115 cm³/mol. The van der Waals surface area contributed by atoms with Crippen molar-refractivity contribution in [1.82, 2.24) is 5.43 Å². The molecule has 0 aromatic heterocycles. The molecule has 0 unspecified atom stereocenters. The zero-order valence-corrected chi connectivity index (χ0v) is 17.0. The van der Waals surface area contributed by atoms with Gasteiger partial charge in [-0.25, -0.2) is 10.1 Å². The van der Waals surface area contributed by atoms with Crippen LogP contribution in [0.15, 0.2) is 52.7 Å². The molecule has 154 valence electrons. The van der Waals surface area contributed by atoms with Crippen LogP contribution in [0.2, 0.25) is 5.02 Å². The smallest absolute Gasteiger partial charge is 0.275 e. The summed E-state index contributed by atoms with van der Waals surface area (Å²) in [5.41, 5.74) is 9.71. The van der Waals surface area contributed by atoms with E-state index in [1.165, 1.54) is 6.21 Å². The molecule has 0 saturated heterocycles. The van der Waals surface area contributed by atoms with E-state index in [1.807, 2.05) is 30.3 Å². The number of hydrazine groups is 1. The third-order valence-electron chi connectivity index (χ3n) is 4.00. The average Bonchev–Trinajstić information content (AvgIpc) is 2.69. The van der Waals surface area contributed by atoms with Crippen LogP contribution in [-0.2, 0) is 6.61 Å². The van der Waals surface area contributed by atoms with E-state index in [9.17, 15) is 10.1 Å². The Morgan fingerprint density at radius 1 is 1.28 bits per heavy atom. The van der Waals surface area contributed by atoms with Gasteiger partial charge in [0.25, 0.3) is 5.96 Å². The number of ether oxygens (including phenoxy) is 1. The van der Waals surface area contributed by atoms with E-state index < -0.39 is 11.0 Å². The van der Waals surface area contributed by atoms with Crippen LogP contribution in [0.25, 0.3) is 0 Å². The summed E-state index contributed by atoms with van der Waals surface area (Å²) >= 11 is 5.92. The lowest BCUT2D eigenvalue weighted by atomic mass is 10.1. The van der Waals surface area contributed by atoms with Crippen LogP contribution < -0.4 is 20.8 Å². The second-order valence-electron chi connectivity index (χ2n) is 5.91. The van der Waals surface area contributed by atoms with Gasteiger partial charge in [0.05, 0.1) is 6.21 Å². The maximum absolute atomic E-state index is 10.3. The minimum atomic E-state index is -0.812. The van der Waals surface area contributed by atoms with E-state index in [1.54, 1.807) is 17.6 Å². The van der Waals surface area contributed by atoms with Crippen molar-refractivity contribution in [2.24, 2.45) is 15.9 Å². The summed E-state index contributed by atoms with van der Waals surface area (Å²) in [6.07, 6.45) is 1.43. The zero-order valence-electron chi connectivity index (χ0n) is 16.2. The summed E-state index contributed by atoms with van der Waals surface area (Å²) in [5.74, 6) is 0.179. The number of guanidine groups is 1. The van der Waals surface area contributed by atoms with E-state index in [0.717, 1.165) is 24.3 Å². The van der Waals surface area contributed by atoms with Crippen LogP contribution in [0.3, 0.4) is 0 Å². The van der Waals surface area contributed by atoms with Crippen LogP contribution in [-0.4, -0.2) is 30.3 Å². The third kappa shape index (κ3) is 6.96. The number of nitrogens with zero attached hydrogens (tertiary/aromatic N) is 4. The summed E-state index contributed by atoms with van der Waals surface area (Å²) in [7, 11) is 0. The molecule has 2 aromatic rings. The molecule has 0 amide bonds. The van der Waals surface area contributed by atoms with Gasteiger partial charge in [-0.3, -0.25) is 0 Å². The Labute approximate surface area is 173 Å². The lowest BCUT2D eigenvalue weighted by Crippen LogP contribution is -2.35. The highest BCUT2D eigenvalue weighted by atomic mass is 35.5. The molecule has 0 saturated carbocycles. The number of rotatable bonds is 9. The van der Waals surface area contributed by atoms with E-state index in [0.29, 0.717) is 22.9 Å². The fourth-order valence-electron chi connectivity index (χ4n) is 2.55. The number of halogens is 1. The van der Waals surface area contributed by atoms with Crippen LogP contribution >= 0.6 is 11.6 Å². The maximum Gasteiger partial charge on any atom is 0.275 e. The Hall–Kier alpha value is -3.33. The minimum absolute atomic E-state index is 0.341. The van der Waals surface area contributed by atoms with Crippen molar-refractivity contribution in [3.8, 4) is 5.75 Å². The highest BCUT2D eigenvalue weighted by Crippen LogP contribution is 2.26. The molecule has 2 aromatic carbocycles. The Kier molecular flexibility index (Phi) is 8.23. The molecule has 2 rings (SSSR count). The number of nitrogens with two attached hydrogens (primary N) is 1. The van der Waals surface area contributed by atoms with E-state index >= 15 is 0 Å². The lowest BCUT2D eigenvalue weighted by molar-refractivity contribution is -0.525. The number of nitrogens with one attached hydrogen (secondary N) is 1. The topological polar surface area (TPSA) is 118 Å². The first kappa shape index (κ1) is 22.0. The van der Waals surface area contributed by atoms with Gasteiger partial charge in [-0.2, -0.15) is 5.10 Å². The molecule has 0 radical (unpaired) electrons. The van der Waals surface area contributed by atoms with Crippen LogP contribution in [0.1, 0.15) is 25.0 Å². The molecule has 0 bridgehead atoms. The van der Waals surface area contributed by atoms with E-state index in [2.05, 4.69) is 29.0 Å². The van der Waals surface area contributed by atoms with Gasteiger partial charge in [-0.15, -0.1) is 5.10 Å². The molecule has 3 N–H and O–H groups in total. The van der Waals surface area contributed by atoms with Gasteiger partial charge >= 0.3 is 0 Å². The third-order valence-corrected chi connectivity index (χ3v) is 4.25. The molecule has 0 heterocycles. The van der Waals surface area contributed by atoms with Crippen LogP contribution in [0.5, 0.6) is 5.75 Å². The number of anilines is 1. The molecule has 0 aliphatic heterocycles. The van der Waals surface area contributed by atoms with Gasteiger partial charge in [-0.1, -0.05) is 29.2 Å². The molecular formula is C19H23ClN6O3. The number of benzene rings is 2. The van der Waals surface area contributed by atoms with Crippen molar-refractivity contribution in [2.75, 3.05) is 18.0 Å². The summed E-state index contributed by atoms with van der Waals surface area (Å²) in [5, 5.41) is 17.5. The first-order valence-corrected chi connectivity index (χ1v) is 9.34. The Balaban J connectivity index is 2.25. The molecule has 0 aliphatic rings. The van der Waals surface area contributed by atoms with Gasteiger partial charge in [0.2, 0.25) is 0 Å². The molecule has 29 heavy (non-hydrogen) atoms. The number of nitro groups is 1. The van der Waals surface area contributed by atoms with Gasteiger partial charge in [-0.05, 0) is 43.7 Å². The van der Waals surface area contributed by atoms with Crippen molar-refractivity contribution in [2.45, 2.75) is 20.5 Å². The average molecular weight is 419 g/mol. The van der Waals surface area contributed by atoms with E-state index in [-0.39, 0.29) is 0 Å². The molecule has 0 fully saturated rings. The Morgan fingerprint density at radius 3 is 2.59 bits per heavy atom. The fraction of sp³-hybridized carbons (Fsp3) is 0.263. The summed E-state index contributed by atoms with van der Waals surface area (Å²) in [6.45, 7) is 6.20. The van der Waals surface area contributed by atoms with Crippen molar-refractivity contribution in [3.05, 3.63) is 68.7 Å². The zero-order chi connectivity index (χ0) is 21.2. The second kappa shape index (κ2) is 10.9. The summed E-state index contributed by atoms with van der Waals surface area (Å²) in [6, 6.07) is 13.1. The first-order chi connectivity index (χ1) is 13.9. The lowest BCUT2D eigenvalue weighted by Gasteiger charge is -2.22. The van der Waals surface area contributed by atoms with Crippen molar-refractivity contribution >= 4 is 29.5 Å². The number of hydrogen-bond acceptors (Lipinski definition) is 6. The molecule has 10 heteroatoms. The Morgan fingerprint density at radius 2 is 1.97 bits per heavy atom. The molecule has 0 spiro atoms. The standard InChI is InChI=1S/C19H23ClN6O3/c1-3-25(4-2)17-10-7-15(12-22-23-19(21)24-26(27)28)18(11-17)29-13-14-5-8-16(20)9-6-14/h5-12H,3-4,13H2,1-2H3,(H3,21,23,24). The fourth-order valence-corrected chi connectivity index (χ4v) is 2.68. The van der Waals surface area contributed by atoms with Gasteiger partial charge < -0.3 is 15.4 Å². The SMILES string of the molecule is CCN(CC)c1ccc(C=NN=C(N)N[N+](=O)[O-])c(OCc2ccc(Cl)cc2)c1. The van der Waals surface area contributed by atoms with Gasteiger partial charge in [0, 0.05) is 35.4 Å². The highest BCUT2D eigenvalue weighted by Gasteiger charge is 2.09. The second-order valence-corrected chi connectivity index (χ2v) is 6.34. The molecule has 9 nitrogen and oxygen atoms in total. The van der Waals surface area contributed by atoms with Crippen LogP contribution in [0.4, 0.5) is 5.69 Å². The summed E-state index contributed by atoms with van der Waals surface area (Å²) < 4.78 is 6.00. The number of hydrogen-bond donors (Lipinski definition) is 2. The van der Waals surface area contributed by atoms with Crippen molar-refractivity contribution in [3.63, 3.8) is 0 Å². The van der Waals surface area contributed by atoms with Crippen molar-refractivity contribution < 1.29 is 9.77 Å².